The molecule has 1 aromatic carbocycles. The van der Waals surface area contributed by atoms with Gasteiger partial charge in [-0.3, -0.25) is 4.79 Å². The lowest BCUT2D eigenvalue weighted by Crippen LogP contribution is -2.40. The molecule has 0 radical (unpaired) electrons. The van der Waals surface area contributed by atoms with Gasteiger partial charge in [0.1, 0.15) is 5.69 Å². The zero-order valence-corrected chi connectivity index (χ0v) is 12.7. The van der Waals surface area contributed by atoms with E-state index in [0.717, 1.165) is 36.6 Å². The van der Waals surface area contributed by atoms with Gasteiger partial charge < -0.3 is 16.0 Å². The molecule has 1 aliphatic carbocycles. The van der Waals surface area contributed by atoms with Crippen molar-refractivity contribution < 1.29 is 4.79 Å². The Bertz CT molecular complexity index is 627. The monoisotopic (exact) mass is 285 g/mol. The molecule has 1 aliphatic rings. The van der Waals surface area contributed by atoms with Crippen molar-refractivity contribution >= 4 is 16.8 Å². The van der Waals surface area contributed by atoms with Gasteiger partial charge in [0, 0.05) is 23.0 Å². The first-order valence-corrected chi connectivity index (χ1v) is 7.70. The second-order valence-corrected chi connectivity index (χ2v) is 6.26. The summed E-state index contributed by atoms with van der Waals surface area (Å²) < 4.78 is 0. The van der Waals surface area contributed by atoms with Gasteiger partial charge in [-0.05, 0) is 56.7 Å². The van der Waals surface area contributed by atoms with Crippen molar-refractivity contribution in [2.24, 2.45) is 5.73 Å². The molecule has 2 aromatic rings. The second-order valence-electron chi connectivity index (χ2n) is 6.26. The van der Waals surface area contributed by atoms with Crippen LogP contribution in [0.5, 0.6) is 0 Å². The Morgan fingerprint density at radius 2 is 1.86 bits per heavy atom. The third-order valence-electron chi connectivity index (χ3n) is 4.57. The van der Waals surface area contributed by atoms with Gasteiger partial charge >= 0.3 is 0 Å². The summed E-state index contributed by atoms with van der Waals surface area (Å²) in [7, 11) is 0. The summed E-state index contributed by atoms with van der Waals surface area (Å²) in [6, 6.07) is 6.69. The Labute approximate surface area is 125 Å². The number of benzene rings is 1. The van der Waals surface area contributed by atoms with Gasteiger partial charge in [0.25, 0.3) is 5.91 Å². The number of aromatic nitrogens is 1. The maximum absolute atomic E-state index is 12.4. The normalized spacial score (nSPS) is 22.4. The van der Waals surface area contributed by atoms with Gasteiger partial charge in [0.05, 0.1) is 0 Å². The van der Waals surface area contributed by atoms with Crippen LogP contribution in [0, 0.1) is 13.8 Å². The van der Waals surface area contributed by atoms with E-state index in [2.05, 4.69) is 36.3 Å². The molecule has 0 unspecified atom stereocenters. The fourth-order valence-corrected chi connectivity index (χ4v) is 3.15. The number of rotatable bonds is 2. The maximum Gasteiger partial charge on any atom is 0.267 e. The van der Waals surface area contributed by atoms with E-state index in [1.54, 1.807) is 0 Å². The fourth-order valence-electron chi connectivity index (χ4n) is 3.15. The molecular formula is C17H23N3O. The van der Waals surface area contributed by atoms with Crippen molar-refractivity contribution in [3.05, 3.63) is 35.0 Å². The van der Waals surface area contributed by atoms with E-state index in [1.165, 1.54) is 11.1 Å². The number of carbonyl (C=O) groups is 1. The quantitative estimate of drug-likeness (QED) is 0.794. The van der Waals surface area contributed by atoms with E-state index in [-0.39, 0.29) is 11.9 Å². The summed E-state index contributed by atoms with van der Waals surface area (Å²) in [5.41, 5.74) is 9.97. The van der Waals surface area contributed by atoms with Crippen LogP contribution in [0.25, 0.3) is 10.9 Å². The van der Waals surface area contributed by atoms with E-state index in [1.807, 2.05) is 6.07 Å². The summed E-state index contributed by atoms with van der Waals surface area (Å²) in [5, 5.41) is 4.26. The molecule has 1 fully saturated rings. The standard InChI is InChI=1S/C17H23N3O/c1-10-3-4-11(2)16-14(10)9-15(20-16)17(21)19-13-7-5-12(18)6-8-13/h3-4,9,12-13,20H,5-8,18H2,1-2H3,(H,19,21). The fraction of sp³-hybridized carbons (Fsp3) is 0.471. The highest BCUT2D eigenvalue weighted by atomic mass is 16.1. The Morgan fingerprint density at radius 3 is 2.52 bits per heavy atom. The van der Waals surface area contributed by atoms with Crippen molar-refractivity contribution in [3.63, 3.8) is 0 Å². The first-order valence-electron chi connectivity index (χ1n) is 7.70. The van der Waals surface area contributed by atoms with E-state index in [9.17, 15) is 4.79 Å². The van der Waals surface area contributed by atoms with Crippen LogP contribution in [0.15, 0.2) is 18.2 Å². The summed E-state index contributed by atoms with van der Waals surface area (Å²) in [5.74, 6) is -0.00882. The average Bonchev–Trinajstić information content (AvgIpc) is 2.92. The highest BCUT2D eigenvalue weighted by Crippen LogP contribution is 2.23. The molecule has 4 N–H and O–H groups in total. The van der Waals surface area contributed by atoms with Crippen LogP contribution in [0.3, 0.4) is 0 Å². The lowest BCUT2D eigenvalue weighted by molar-refractivity contribution is 0.0921. The number of nitrogens with one attached hydrogen (secondary N) is 2. The third-order valence-corrected chi connectivity index (χ3v) is 4.57. The van der Waals surface area contributed by atoms with E-state index >= 15 is 0 Å². The molecule has 1 heterocycles. The first-order chi connectivity index (χ1) is 10.0. The highest BCUT2D eigenvalue weighted by molar-refractivity contribution is 5.99. The SMILES string of the molecule is Cc1ccc(C)c2[nH]c(C(=O)NC3CCC(N)CC3)cc12. The van der Waals surface area contributed by atoms with Crippen LogP contribution in [0.2, 0.25) is 0 Å². The van der Waals surface area contributed by atoms with Crippen LogP contribution in [-0.4, -0.2) is 23.0 Å². The largest absolute Gasteiger partial charge is 0.350 e. The lowest BCUT2D eigenvalue weighted by atomic mass is 9.92. The second kappa shape index (κ2) is 5.53. The van der Waals surface area contributed by atoms with E-state index in [4.69, 9.17) is 5.73 Å². The minimum atomic E-state index is -0.00882. The van der Waals surface area contributed by atoms with Crippen LogP contribution >= 0.6 is 0 Å². The Kier molecular flexibility index (Phi) is 3.72. The van der Waals surface area contributed by atoms with Crippen molar-refractivity contribution in [1.82, 2.24) is 10.3 Å². The smallest absolute Gasteiger partial charge is 0.267 e. The zero-order valence-electron chi connectivity index (χ0n) is 12.7. The van der Waals surface area contributed by atoms with Gasteiger partial charge in [-0.25, -0.2) is 0 Å². The van der Waals surface area contributed by atoms with Crippen LogP contribution < -0.4 is 11.1 Å². The van der Waals surface area contributed by atoms with Crippen molar-refractivity contribution in [1.29, 1.82) is 0 Å². The summed E-state index contributed by atoms with van der Waals surface area (Å²) in [4.78, 5) is 15.7. The van der Waals surface area contributed by atoms with Gasteiger partial charge in [0.15, 0.2) is 0 Å². The maximum atomic E-state index is 12.4. The predicted molar refractivity (Wildman–Crippen MR) is 85.5 cm³/mol. The molecule has 0 saturated heterocycles. The molecule has 1 saturated carbocycles. The third kappa shape index (κ3) is 2.81. The lowest BCUT2D eigenvalue weighted by Gasteiger charge is -2.26. The molecule has 0 aliphatic heterocycles. The first kappa shape index (κ1) is 14.1. The minimum Gasteiger partial charge on any atom is -0.350 e. The molecule has 0 spiro atoms. The highest BCUT2D eigenvalue weighted by Gasteiger charge is 2.21. The van der Waals surface area contributed by atoms with Crippen LogP contribution in [0.1, 0.15) is 47.3 Å². The molecule has 0 atom stereocenters. The molecule has 21 heavy (non-hydrogen) atoms. The Morgan fingerprint density at radius 1 is 1.19 bits per heavy atom. The summed E-state index contributed by atoms with van der Waals surface area (Å²) in [6.45, 7) is 4.13. The molecule has 4 nitrogen and oxygen atoms in total. The number of amides is 1. The topological polar surface area (TPSA) is 70.9 Å². The predicted octanol–water partition coefficient (Wildman–Crippen LogP) is 2.78. The number of hydrogen-bond donors (Lipinski definition) is 3. The molecule has 0 bridgehead atoms. The van der Waals surface area contributed by atoms with E-state index in [0.29, 0.717) is 11.7 Å². The number of H-pyrrole nitrogens is 1. The summed E-state index contributed by atoms with van der Waals surface area (Å²) >= 11 is 0. The average molecular weight is 285 g/mol. The number of aromatic amines is 1. The van der Waals surface area contributed by atoms with Gasteiger partial charge in [-0.15, -0.1) is 0 Å². The molecule has 112 valence electrons. The van der Waals surface area contributed by atoms with Gasteiger partial charge in [-0.2, -0.15) is 0 Å². The van der Waals surface area contributed by atoms with Crippen molar-refractivity contribution in [3.8, 4) is 0 Å². The number of carbonyl (C=O) groups excluding carboxylic acids is 1. The summed E-state index contributed by atoms with van der Waals surface area (Å²) in [6.07, 6.45) is 3.95. The van der Waals surface area contributed by atoms with Crippen molar-refractivity contribution in [2.75, 3.05) is 0 Å². The van der Waals surface area contributed by atoms with Crippen molar-refractivity contribution in [2.45, 2.75) is 51.6 Å². The molecule has 4 heteroatoms. The number of nitrogens with two attached hydrogens (primary N) is 1. The van der Waals surface area contributed by atoms with Gasteiger partial charge in [0.2, 0.25) is 0 Å². The minimum absolute atomic E-state index is 0.00882. The molecule has 3 rings (SSSR count). The van der Waals surface area contributed by atoms with E-state index < -0.39 is 0 Å². The molecule has 1 amide bonds. The molecule has 1 aromatic heterocycles. The number of fused-ring (bicyclic) bond motifs is 1. The number of hydrogen-bond acceptors (Lipinski definition) is 2. The Hall–Kier alpha value is -1.81. The number of aryl methyl sites for hydroxylation is 2. The van der Waals surface area contributed by atoms with Crippen LogP contribution in [-0.2, 0) is 0 Å². The van der Waals surface area contributed by atoms with Crippen LogP contribution in [0.4, 0.5) is 0 Å². The Balaban J connectivity index is 1.79. The zero-order chi connectivity index (χ0) is 15.0. The molecular weight excluding hydrogens is 262 g/mol. The van der Waals surface area contributed by atoms with Gasteiger partial charge in [-0.1, -0.05) is 12.1 Å².